The standard InChI is InChI=1S/C12H19N3O/c1-2-3-8-15(12(16)9-13)10-11-4-6-14-7-5-11/h4-7H,2-3,8-10,13H2,1H3. The van der Waals surface area contributed by atoms with Gasteiger partial charge in [0.15, 0.2) is 0 Å². The van der Waals surface area contributed by atoms with E-state index in [0.29, 0.717) is 6.54 Å². The van der Waals surface area contributed by atoms with Crippen molar-refractivity contribution in [1.29, 1.82) is 0 Å². The lowest BCUT2D eigenvalue weighted by molar-refractivity contribution is -0.130. The summed E-state index contributed by atoms with van der Waals surface area (Å²) in [5, 5.41) is 0. The molecule has 88 valence electrons. The highest BCUT2D eigenvalue weighted by Crippen LogP contribution is 2.05. The van der Waals surface area contributed by atoms with E-state index in [0.717, 1.165) is 24.9 Å². The number of nitrogens with two attached hydrogens (primary N) is 1. The van der Waals surface area contributed by atoms with E-state index in [2.05, 4.69) is 11.9 Å². The van der Waals surface area contributed by atoms with Crippen molar-refractivity contribution in [3.63, 3.8) is 0 Å². The first-order chi connectivity index (χ1) is 7.77. The molecule has 0 unspecified atom stereocenters. The van der Waals surface area contributed by atoms with E-state index in [-0.39, 0.29) is 12.5 Å². The Balaban J connectivity index is 2.59. The van der Waals surface area contributed by atoms with Gasteiger partial charge < -0.3 is 10.6 Å². The van der Waals surface area contributed by atoms with Crippen LogP contribution in [0, 0.1) is 0 Å². The van der Waals surface area contributed by atoms with Crippen LogP contribution in [0.3, 0.4) is 0 Å². The Morgan fingerprint density at radius 2 is 2.12 bits per heavy atom. The number of hydrogen-bond acceptors (Lipinski definition) is 3. The number of hydrogen-bond donors (Lipinski definition) is 1. The van der Waals surface area contributed by atoms with Gasteiger partial charge in [0.25, 0.3) is 0 Å². The number of carbonyl (C=O) groups is 1. The monoisotopic (exact) mass is 221 g/mol. The second-order valence-corrected chi connectivity index (χ2v) is 3.73. The predicted molar refractivity (Wildman–Crippen MR) is 63.6 cm³/mol. The maximum Gasteiger partial charge on any atom is 0.236 e. The molecule has 0 aromatic carbocycles. The molecule has 0 bridgehead atoms. The van der Waals surface area contributed by atoms with Crippen molar-refractivity contribution < 1.29 is 4.79 Å². The van der Waals surface area contributed by atoms with Gasteiger partial charge in [-0.25, -0.2) is 0 Å². The molecule has 16 heavy (non-hydrogen) atoms. The fraction of sp³-hybridized carbons (Fsp3) is 0.500. The lowest BCUT2D eigenvalue weighted by Gasteiger charge is -2.21. The lowest BCUT2D eigenvalue weighted by Crippen LogP contribution is -2.36. The molecule has 0 radical (unpaired) electrons. The summed E-state index contributed by atoms with van der Waals surface area (Å²) in [7, 11) is 0. The van der Waals surface area contributed by atoms with Gasteiger partial charge in [-0.05, 0) is 24.1 Å². The first kappa shape index (κ1) is 12.6. The molecule has 0 saturated heterocycles. The van der Waals surface area contributed by atoms with Crippen molar-refractivity contribution >= 4 is 5.91 Å². The molecular weight excluding hydrogens is 202 g/mol. The minimum atomic E-state index is 0.00487. The zero-order valence-electron chi connectivity index (χ0n) is 9.72. The fourth-order valence-corrected chi connectivity index (χ4v) is 1.48. The Kier molecular flexibility index (Phi) is 5.50. The minimum absolute atomic E-state index is 0.00487. The summed E-state index contributed by atoms with van der Waals surface area (Å²) in [6.45, 7) is 3.58. The quantitative estimate of drug-likeness (QED) is 0.784. The van der Waals surface area contributed by atoms with Crippen LogP contribution in [0.1, 0.15) is 25.3 Å². The molecule has 2 N–H and O–H groups in total. The maximum atomic E-state index is 11.6. The first-order valence-electron chi connectivity index (χ1n) is 5.64. The number of nitrogens with zero attached hydrogens (tertiary/aromatic N) is 2. The van der Waals surface area contributed by atoms with Gasteiger partial charge in [-0.2, -0.15) is 0 Å². The molecule has 0 fully saturated rings. The summed E-state index contributed by atoms with van der Waals surface area (Å²) in [5.41, 5.74) is 6.49. The Morgan fingerprint density at radius 3 is 2.69 bits per heavy atom. The van der Waals surface area contributed by atoms with Crippen molar-refractivity contribution in [2.24, 2.45) is 5.73 Å². The van der Waals surface area contributed by atoms with Gasteiger partial charge in [0, 0.05) is 25.5 Å². The maximum absolute atomic E-state index is 11.6. The van der Waals surface area contributed by atoms with E-state index >= 15 is 0 Å². The zero-order chi connectivity index (χ0) is 11.8. The van der Waals surface area contributed by atoms with Gasteiger partial charge in [0.2, 0.25) is 5.91 Å². The van der Waals surface area contributed by atoms with Gasteiger partial charge in [0.05, 0.1) is 6.54 Å². The van der Waals surface area contributed by atoms with Crippen molar-refractivity contribution in [3.8, 4) is 0 Å². The molecule has 1 rings (SSSR count). The van der Waals surface area contributed by atoms with E-state index in [1.165, 1.54) is 0 Å². The summed E-state index contributed by atoms with van der Waals surface area (Å²) in [4.78, 5) is 17.4. The second-order valence-electron chi connectivity index (χ2n) is 3.73. The van der Waals surface area contributed by atoms with Crippen LogP contribution < -0.4 is 5.73 Å². The molecule has 0 aliphatic rings. The summed E-state index contributed by atoms with van der Waals surface area (Å²) < 4.78 is 0. The van der Waals surface area contributed by atoms with E-state index in [1.807, 2.05) is 12.1 Å². The Hall–Kier alpha value is -1.42. The Labute approximate surface area is 96.5 Å². The van der Waals surface area contributed by atoms with Gasteiger partial charge in [-0.3, -0.25) is 9.78 Å². The highest BCUT2D eigenvalue weighted by molar-refractivity contribution is 5.77. The number of unbranched alkanes of at least 4 members (excludes halogenated alkanes) is 1. The van der Waals surface area contributed by atoms with Crippen LogP contribution >= 0.6 is 0 Å². The van der Waals surface area contributed by atoms with Crippen LogP contribution in [0.5, 0.6) is 0 Å². The van der Waals surface area contributed by atoms with E-state index < -0.39 is 0 Å². The molecule has 1 amide bonds. The topological polar surface area (TPSA) is 59.2 Å². The largest absolute Gasteiger partial charge is 0.337 e. The van der Waals surface area contributed by atoms with Crippen molar-refractivity contribution in [1.82, 2.24) is 9.88 Å². The third-order valence-electron chi connectivity index (χ3n) is 2.43. The number of pyridine rings is 1. The number of rotatable bonds is 6. The van der Waals surface area contributed by atoms with Crippen molar-refractivity contribution in [2.75, 3.05) is 13.1 Å². The van der Waals surface area contributed by atoms with Crippen LogP contribution in [0.2, 0.25) is 0 Å². The first-order valence-corrected chi connectivity index (χ1v) is 5.64. The Morgan fingerprint density at radius 1 is 1.44 bits per heavy atom. The van der Waals surface area contributed by atoms with Crippen molar-refractivity contribution in [2.45, 2.75) is 26.3 Å². The van der Waals surface area contributed by atoms with Crippen LogP contribution in [0.15, 0.2) is 24.5 Å². The third kappa shape index (κ3) is 3.98. The molecule has 4 nitrogen and oxygen atoms in total. The molecule has 0 aliphatic carbocycles. The van der Waals surface area contributed by atoms with Crippen LogP contribution in [0.4, 0.5) is 0 Å². The van der Waals surface area contributed by atoms with Crippen LogP contribution in [-0.2, 0) is 11.3 Å². The highest BCUT2D eigenvalue weighted by atomic mass is 16.2. The lowest BCUT2D eigenvalue weighted by atomic mass is 10.2. The molecule has 4 heteroatoms. The molecule has 1 aromatic rings. The molecule has 1 aromatic heterocycles. The summed E-state index contributed by atoms with van der Waals surface area (Å²) in [5.74, 6) is 0.00487. The SMILES string of the molecule is CCCCN(Cc1ccncc1)C(=O)CN. The summed E-state index contributed by atoms with van der Waals surface area (Å²) in [6, 6.07) is 3.84. The summed E-state index contributed by atoms with van der Waals surface area (Å²) >= 11 is 0. The van der Waals surface area contributed by atoms with Crippen LogP contribution in [0.25, 0.3) is 0 Å². The smallest absolute Gasteiger partial charge is 0.236 e. The molecule has 0 atom stereocenters. The van der Waals surface area contributed by atoms with Crippen LogP contribution in [-0.4, -0.2) is 28.9 Å². The molecule has 0 aliphatic heterocycles. The minimum Gasteiger partial charge on any atom is -0.337 e. The number of amides is 1. The van der Waals surface area contributed by atoms with Gasteiger partial charge in [-0.15, -0.1) is 0 Å². The molecule has 0 saturated carbocycles. The second kappa shape index (κ2) is 6.95. The van der Waals surface area contributed by atoms with Gasteiger partial charge in [-0.1, -0.05) is 13.3 Å². The normalized spacial score (nSPS) is 10.1. The van der Waals surface area contributed by atoms with Crippen molar-refractivity contribution in [3.05, 3.63) is 30.1 Å². The molecule has 0 spiro atoms. The highest BCUT2D eigenvalue weighted by Gasteiger charge is 2.11. The molecule has 1 heterocycles. The van der Waals surface area contributed by atoms with E-state index in [4.69, 9.17) is 5.73 Å². The zero-order valence-corrected chi connectivity index (χ0v) is 9.72. The Bertz CT molecular complexity index is 313. The fourth-order valence-electron chi connectivity index (χ4n) is 1.48. The summed E-state index contributed by atoms with van der Waals surface area (Å²) in [6.07, 6.45) is 5.56. The number of carbonyl (C=O) groups excluding carboxylic acids is 1. The average molecular weight is 221 g/mol. The van der Waals surface area contributed by atoms with E-state index in [1.54, 1.807) is 17.3 Å². The number of aromatic nitrogens is 1. The predicted octanol–water partition coefficient (Wildman–Crippen LogP) is 1.17. The van der Waals surface area contributed by atoms with Gasteiger partial charge >= 0.3 is 0 Å². The third-order valence-corrected chi connectivity index (χ3v) is 2.43. The van der Waals surface area contributed by atoms with E-state index in [9.17, 15) is 4.79 Å². The van der Waals surface area contributed by atoms with Gasteiger partial charge in [0.1, 0.15) is 0 Å². The molecular formula is C12H19N3O. The average Bonchev–Trinajstić information content (AvgIpc) is 2.34.